The molecule has 0 amide bonds. The third-order valence-electron chi connectivity index (χ3n) is 4.09. The van der Waals surface area contributed by atoms with Crippen molar-refractivity contribution >= 4 is 24.3 Å². The Balaban J connectivity index is 1.61. The topological polar surface area (TPSA) is 43.4 Å². The summed E-state index contributed by atoms with van der Waals surface area (Å²) in [6.07, 6.45) is 5.87. The predicted molar refractivity (Wildman–Crippen MR) is 109 cm³/mol. The van der Waals surface area contributed by atoms with Crippen LogP contribution in [0.2, 0.25) is 0 Å². The van der Waals surface area contributed by atoms with Gasteiger partial charge in [-0.1, -0.05) is 43.2 Å². The zero-order valence-electron chi connectivity index (χ0n) is 15.3. The van der Waals surface area contributed by atoms with Crippen LogP contribution in [0, 0.1) is 6.92 Å². The number of aryl methyl sites for hydroxylation is 1. The molecule has 0 bridgehead atoms. The highest BCUT2D eigenvalue weighted by Gasteiger charge is 2.10. The Labute approximate surface area is 160 Å². The van der Waals surface area contributed by atoms with E-state index in [0.717, 1.165) is 42.5 Å². The van der Waals surface area contributed by atoms with Crippen LogP contribution >= 0.6 is 11.8 Å². The molecule has 0 saturated heterocycles. The largest absolute Gasteiger partial charge is 0.492 e. The third-order valence-corrected chi connectivity index (χ3v) is 5.20. The molecule has 0 fully saturated rings. The van der Waals surface area contributed by atoms with Gasteiger partial charge in [0.25, 0.3) is 0 Å². The maximum Gasteiger partial charge on any atom is 0.153 e. The van der Waals surface area contributed by atoms with Crippen molar-refractivity contribution in [1.29, 1.82) is 0 Å². The fraction of sp³-hybridized carbons (Fsp3) is 0.364. The van der Waals surface area contributed by atoms with Crippen LogP contribution in [-0.4, -0.2) is 24.9 Å². The number of hydrogen-bond acceptors (Lipinski definition) is 4. The van der Waals surface area contributed by atoms with Gasteiger partial charge in [0.2, 0.25) is 0 Å². The molecule has 3 nitrogen and oxygen atoms in total. The van der Waals surface area contributed by atoms with Gasteiger partial charge in [-0.15, -0.1) is 0 Å². The minimum absolute atomic E-state index is 0.416. The lowest BCUT2D eigenvalue weighted by Gasteiger charge is -2.11. The number of hydrogen-bond donors (Lipinski definition) is 0. The summed E-state index contributed by atoms with van der Waals surface area (Å²) in [5, 5.41) is 0. The van der Waals surface area contributed by atoms with Crippen molar-refractivity contribution in [3.63, 3.8) is 0 Å². The van der Waals surface area contributed by atoms with Crippen molar-refractivity contribution in [3.05, 3.63) is 64.7 Å². The van der Waals surface area contributed by atoms with Crippen LogP contribution in [0.5, 0.6) is 5.75 Å². The summed E-state index contributed by atoms with van der Waals surface area (Å²) in [6, 6.07) is 14.0. The molecule has 2 aromatic rings. The van der Waals surface area contributed by atoms with E-state index in [-0.39, 0.29) is 0 Å². The molecular formula is C22H26O3S. The summed E-state index contributed by atoms with van der Waals surface area (Å²) < 4.78 is 5.72. The molecule has 0 heterocycles. The Kier molecular flexibility index (Phi) is 8.98. The summed E-state index contributed by atoms with van der Waals surface area (Å²) in [4.78, 5) is 22.4. The highest BCUT2D eigenvalue weighted by Crippen LogP contribution is 2.24. The molecule has 0 aliphatic rings. The van der Waals surface area contributed by atoms with E-state index >= 15 is 0 Å². The zero-order valence-corrected chi connectivity index (χ0v) is 16.1. The summed E-state index contributed by atoms with van der Waals surface area (Å²) >= 11 is 1.97. The molecule has 0 saturated carbocycles. The molecule has 0 spiro atoms. The number of thioether (sulfide) groups is 1. The molecule has 0 unspecified atom stereocenters. The van der Waals surface area contributed by atoms with Crippen LogP contribution in [0.15, 0.2) is 42.5 Å². The molecule has 0 aliphatic carbocycles. The summed E-state index contributed by atoms with van der Waals surface area (Å²) in [5.41, 5.74) is 3.16. The number of rotatable bonds is 12. The molecule has 0 aromatic heterocycles. The minimum Gasteiger partial charge on any atom is -0.492 e. The van der Waals surface area contributed by atoms with E-state index in [1.165, 1.54) is 18.4 Å². The van der Waals surface area contributed by atoms with Crippen LogP contribution in [0.25, 0.3) is 0 Å². The van der Waals surface area contributed by atoms with Crippen molar-refractivity contribution < 1.29 is 14.3 Å². The maximum absolute atomic E-state index is 11.2. The quantitative estimate of drug-likeness (QED) is 0.366. The first-order valence-electron chi connectivity index (χ1n) is 9.04. The first-order valence-corrected chi connectivity index (χ1v) is 10.2. The molecule has 4 heteroatoms. The van der Waals surface area contributed by atoms with Gasteiger partial charge in [-0.05, 0) is 48.8 Å². The molecule has 2 rings (SSSR count). The van der Waals surface area contributed by atoms with Crippen molar-refractivity contribution in [2.45, 2.75) is 38.4 Å². The highest BCUT2D eigenvalue weighted by atomic mass is 32.2. The van der Waals surface area contributed by atoms with Crippen LogP contribution in [-0.2, 0) is 5.75 Å². The molecule has 0 radical (unpaired) electrons. The standard InChI is InChI=1S/C22H26O3S/c1-18-13-20(15-23)22(21(14-18)16-24)25-11-7-2-3-8-12-26-17-19-9-5-4-6-10-19/h4-6,9-10,13-16H,2-3,7-8,11-12,17H2,1H3. The Morgan fingerprint density at radius 2 is 1.58 bits per heavy atom. The second-order valence-electron chi connectivity index (χ2n) is 6.31. The Morgan fingerprint density at radius 3 is 2.23 bits per heavy atom. The molecule has 0 aliphatic heterocycles. The Hall–Kier alpha value is -2.07. The number of carbonyl (C=O) groups excluding carboxylic acids is 2. The van der Waals surface area contributed by atoms with Crippen molar-refractivity contribution in [2.24, 2.45) is 0 Å². The van der Waals surface area contributed by atoms with Crippen molar-refractivity contribution in [3.8, 4) is 5.75 Å². The third kappa shape index (κ3) is 6.68. The van der Waals surface area contributed by atoms with Crippen LogP contribution < -0.4 is 4.74 Å². The van der Waals surface area contributed by atoms with Gasteiger partial charge in [0.1, 0.15) is 5.75 Å². The predicted octanol–water partition coefficient (Wildman–Crippen LogP) is 5.49. The molecule has 0 atom stereocenters. The normalized spacial score (nSPS) is 10.5. The van der Waals surface area contributed by atoms with Gasteiger partial charge in [-0.25, -0.2) is 0 Å². The van der Waals surface area contributed by atoms with E-state index in [2.05, 4.69) is 24.3 Å². The van der Waals surface area contributed by atoms with E-state index in [1.54, 1.807) is 12.1 Å². The van der Waals surface area contributed by atoms with E-state index in [9.17, 15) is 9.59 Å². The van der Waals surface area contributed by atoms with Gasteiger partial charge in [0.05, 0.1) is 17.7 Å². The molecule has 138 valence electrons. The SMILES string of the molecule is Cc1cc(C=O)c(OCCCCCCSCc2ccccc2)c(C=O)c1. The first-order chi connectivity index (χ1) is 12.7. The Morgan fingerprint density at radius 1 is 0.923 bits per heavy atom. The lowest BCUT2D eigenvalue weighted by Crippen LogP contribution is -2.04. The van der Waals surface area contributed by atoms with Crippen molar-refractivity contribution in [2.75, 3.05) is 12.4 Å². The number of benzene rings is 2. The summed E-state index contributed by atoms with van der Waals surface area (Å²) in [7, 11) is 0. The summed E-state index contributed by atoms with van der Waals surface area (Å²) in [6.45, 7) is 2.39. The van der Waals surface area contributed by atoms with Crippen molar-refractivity contribution in [1.82, 2.24) is 0 Å². The van der Waals surface area contributed by atoms with Gasteiger partial charge in [-0.3, -0.25) is 9.59 Å². The number of unbranched alkanes of at least 4 members (excludes halogenated alkanes) is 3. The average molecular weight is 371 g/mol. The van der Waals surface area contributed by atoms with E-state index in [1.807, 2.05) is 24.8 Å². The summed E-state index contributed by atoms with van der Waals surface area (Å²) in [5.74, 6) is 2.65. The van der Waals surface area contributed by atoms with Gasteiger partial charge >= 0.3 is 0 Å². The fourth-order valence-electron chi connectivity index (χ4n) is 2.77. The maximum atomic E-state index is 11.2. The van der Waals surface area contributed by atoms with Gasteiger partial charge in [0.15, 0.2) is 12.6 Å². The highest BCUT2D eigenvalue weighted by molar-refractivity contribution is 7.98. The van der Waals surface area contributed by atoms with E-state index in [4.69, 9.17) is 4.74 Å². The first kappa shape index (κ1) is 20.2. The molecular weight excluding hydrogens is 344 g/mol. The van der Waals surface area contributed by atoms with Gasteiger partial charge < -0.3 is 4.74 Å². The minimum atomic E-state index is 0.416. The second kappa shape index (κ2) is 11.5. The average Bonchev–Trinajstić information content (AvgIpc) is 2.67. The monoisotopic (exact) mass is 370 g/mol. The van der Waals surface area contributed by atoms with Gasteiger partial charge in [-0.2, -0.15) is 11.8 Å². The number of ether oxygens (including phenoxy) is 1. The van der Waals surface area contributed by atoms with E-state index in [0.29, 0.717) is 23.5 Å². The number of carbonyl (C=O) groups is 2. The molecule has 0 N–H and O–H groups in total. The lowest BCUT2D eigenvalue weighted by atomic mass is 10.1. The number of aldehydes is 2. The Bertz CT molecular complexity index is 669. The second-order valence-corrected chi connectivity index (χ2v) is 7.41. The van der Waals surface area contributed by atoms with Gasteiger partial charge in [0, 0.05) is 5.75 Å². The zero-order chi connectivity index (χ0) is 18.6. The smallest absolute Gasteiger partial charge is 0.153 e. The fourth-order valence-corrected chi connectivity index (χ4v) is 3.75. The molecule has 2 aromatic carbocycles. The van der Waals surface area contributed by atoms with Crippen LogP contribution in [0.3, 0.4) is 0 Å². The van der Waals surface area contributed by atoms with Crippen LogP contribution in [0.1, 0.15) is 57.5 Å². The van der Waals surface area contributed by atoms with E-state index < -0.39 is 0 Å². The molecule has 26 heavy (non-hydrogen) atoms. The lowest BCUT2D eigenvalue weighted by molar-refractivity contribution is 0.111. The van der Waals surface area contributed by atoms with Crippen LogP contribution in [0.4, 0.5) is 0 Å².